The highest BCUT2D eigenvalue weighted by atomic mass is 19.2. The van der Waals surface area contributed by atoms with Crippen molar-refractivity contribution >= 4 is 11.9 Å². The minimum absolute atomic E-state index is 0.314. The Labute approximate surface area is 120 Å². The molecule has 0 unspecified atom stereocenters. The van der Waals surface area contributed by atoms with Gasteiger partial charge in [-0.25, -0.2) is 13.6 Å². The molecule has 1 aromatic carbocycles. The monoisotopic (exact) mass is 298 g/mol. The van der Waals surface area contributed by atoms with Crippen LogP contribution in [0.4, 0.5) is 8.78 Å². The van der Waals surface area contributed by atoms with Gasteiger partial charge in [-0.2, -0.15) is 0 Å². The van der Waals surface area contributed by atoms with E-state index in [1.165, 1.54) is 4.90 Å². The Morgan fingerprint density at radius 2 is 1.67 bits per heavy atom. The van der Waals surface area contributed by atoms with Crippen LogP contribution in [0.5, 0.6) is 0 Å². The molecule has 1 N–H and O–H groups in total. The average Bonchev–Trinajstić information content (AvgIpc) is 2.65. The van der Waals surface area contributed by atoms with Crippen LogP contribution >= 0.6 is 0 Å². The van der Waals surface area contributed by atoms with Gasteiger partial charge in [0.2, 0.25) is 0 Å². The number of carbonyl (C=O) groups is 2. The molecule has 0 aromatic heterocycles. The number of carboxylic acid groups (broad SMARTS) is 1. The second-order valence-corrected chi connectivity index (χ2v) is 5.07. The molecule has 1 amide bonds. The van der Waals surface area contributed by atoms with Crippen LogP contribution in [0.15, 0.2) is 12.1 Å². The maximum atomic E-state index is 13.3. The molecule has 0 saturated carbocycles. The number of likely N-dealkylation sites (N-methyl/N-ethyl adjacent to an activating group) is 1. The van der Waals surface area contributed by atoms with Crippen LogP contribution in [0.3, 0.4) is 0 Å². The summed E-state index contributed by atoms with van der Waals surface area (Å²) in [7, 11) is 1.92. The predicted octanol–water partition coefficient (Wildman–Crippen LogP) is 1.44. The van der Waals surface area contributed by atoms with E-state index in [1.807, 2.05) is 7.05 Å². The van der Waals surface area contributed by atoms with Crippen molar-refractivity contribution in [1.82, 2.24) is 9.80 Å². The van der Waals surface area contributed by atoms with E-state index in [-0.39, 0.29) is 5.56 Å². The Hall–Kier alpha value is -2.02. The van der Waals surface area contributed by atoms with Crippen LogP contribution in [-0.4, -0.2) is 60.0 Å². The molecule has 1 fully saturated rings. The summed E-state index contributed by atoms with van der Waals surface area (Å²) in [4.78, 5) is 27.1. The first-order chi connectivity index (χ1) is 9.90. The van der Waals surface area contributed by atoms with E-state index in [4.69, 9.17) is 5.11 Å². The first-order valence-corrected chi connectivity index (χ1v) is 6.60. The number of amides is 1. The van der Waals surface area contributed by atoms with Crippen LogP contribution in [0.25, 0.3) is 0 Å². The van der Waals surface area contributed by atoms with Crippen molar-refractivity contribution in [2.24, 2.45) is 0 Å². The summed E-state index contributed by atoms with van der Waals surface area (Å²) in [6.07, 6.45) is 0.744. The van der Waals surface area contributed by atoms with Crippen molar-refractivity contribution in [3.05, 3.63) is 34.9 Å². The molecule has 5 nitrogen and oxygen atoms in total. The first kappa shape index (κ1) is 15.4. The van der Waals surface area contributed by atoms with E-state index >= 15 is 0 Å². The van der Waals surface area contributed by atoms with Gasteiger partial charge >= 0.3 is 5.97 Å². The highest BCUT2D eigenvalue weighted by molar-refractivity contribution is 6.04. The second kappa shape index (κ2) is 6.17. The lowest BCUT2D eigenvalue weighted by molar-refractivity contribution is 0.0675. The normalized spacial score (nSPS) is 16.6. The van der Waals surface area contributed by atoms with Crippen LogP contribution in [0.1, 0.15) is 27.1 Å². The summed E-state index contributed by atoms with van der Waals surface area (Å²) >= 11 is 0. The van der Waals surface area contributed by atoms with E-state index in [2.05, 4.69) is 4.90 Å². The van der Waals surface area contributed by atoms with Crippen molar-refractivity contribution in [1.29, 1.82) is 0 Å². The number of hydrogen-bond donors (Lipinski definition) is 1. The summed E-state index contributed by atoms with van der Waals surface area (Å²) < 4.78 is 26.5. The fraction of sp³-hybridized carbons (Fsp3) is 0.429. The maximum Gasteiger partial charge on any atom is 0.336 e. The number of benzene rings is 1. The van der Waals surface area contributed by atoms with Crippen molar-refractivity contribution in [3.63, 3.8) is 0 Å². The Morgan fingerprint density at radius 1 is 1.05 bits per heavy atom. The lowest BCUT2D eigenvalue weighted by Crippen LogP contribution is -2.35. The van der Waals surface area contributed by atoms with E-state index in [0.717, 1.165) is 13.0 Å². The molecule has 0 radical (unpaired) electrons. The molecule has 1 aliphatic heterocycles. The van der Waals surface area contributed by atoms with Crippen LogP contribution < -0.4 is 0 Å². The van der Waals surface area contributed by atoms with Gasteiger partial charge in [0, 0.05) is 19.6 Å². The Morgan fingerprint density at radius 3 is 2.29 bits per heavy atom. The molecule has 1 heterocycles. The number of hydrogen-bond acceptors (Lipinski definition) is 3. The largest absolute Gasteiger partial charge is 0.478 e. The zero-order valence-corrected chi connectivity index (χ0v) is 11.6. The van der Waals surface area contributed by atoms with Gasteiger partial charge in [0.1, 0.15) is 0 Å². The lowest BCUT2D eigenvalue weighted by Gasteiger charge is -2.21. The van der Waals surface area contributed by atoms with E-state index < -0.39 is 29.1 Å². The summed E-state index contributed by atoms with van der Waals surface area (Å²) in [6, 6.07) is 1.21. The third-order valence-corrected chi connectivity index (χ3v) is 3.53. The molecular weight excluding hydrogens is 282 g/mol. The van der Waals surface area contributed by atoms with Crippen molar-refractivity contribution in [2.75, 3.05) is 33.2 Å². The smallest absolute Gasteiger partial charge is 0.336 e. The Balaban J connectivity index is 2.34. The minimum Gasteiger partial charge on any atom is -0.478 e. The molecule has 1 aromatic rings. The fourth-order valence-corrected chi connectivity index (χ4v) is 2.32. The van der Waals surface area contributed by atoms with Gasteiger partial charge in [-0.15, -0.1) is 0 Å². The summed E-state index contributed by atoms with van der Waals surface area (Å²) in [5.74, 6) is -4.54. The standard InChI is InChI=1S/C14H16F2N2O3/c1-17-3-2-4-18(6-5-17)13(19)9-7-11(15)12(16)8-10(9)14(20)21/h7-8H,2-6H2,1H3,(H,20,21). The molecule has 0 spiro atoms. The molecule has 1 saturated heterocycles. The SMILES string of the molecule is CN1CCCN(C(=O)c2cc(F)c(F)cc2C(=O)O)CC1. The van der Waals surface area contributed by atoms with Crippen molar-refractivity contribution in [2.45, 2.75) is 6.42 Å². The average molecular weight is 298 g/mol. The number of aromatic carboxylic acids is 1. The number of halogens is 2. The van der Waals surface area contributed by atoms with Crippen LogP contribution in [0.2, 0.25) is 0 Å². The molecule has 2 rings (SSSR count). The van der Waals surface area contributed by atoms with E-state index in [9.17, 15) is 18.4 Å². The first-order valence-electron chi connectivity index (χ1n) is 6.60. The topological polar surface area (TPSA) is 60.9 Å². The predicted molar refractivity (Wildman–Crippen MR) is 71.3 cm³/mol. The summed E-state index contributed by atoms with van der Waals surface area (Å²) in [5.41, 5.74) is -0.831. The van der Waals surface area contributed by atoms with E-state index in [1.54, 1.807) is 0 Å². The van der Waals surface area contributed by atoms with Gasteiger partial charge in [0.25, 0.3) is 5.91 Å². The molecular formula is C14H16F2N2O3. The molecule has 1 aliphatic rings. The van der Waals surface area contributed by atoms with Crippen molar-refractivity contribution < 1.29 is 23.5 Å². The summed E-state index contributed by atoms with van der Waals surface area (Å²) in [6.45, 7) is 2.36. The number of rotatable bonds is 2. The minimum atomic E-state index is -1.45. The molecule has 21 heavy (non-hydrogen) atoms. The van der Waals surface area contributed by atoms with Gasteiger partial charge in [0.15, 0.2) is 11.6 Å². The Bertz CT molecular complexity index is 578. The molecule has 0 atom stereocenters. The van der Waals surface area contributed by atoms with Crippen molar-refractivity contribution in [3.8, 4) is 0 Å². The zero-order chi connectivity index (χ0) is 15.6. The summed E-state index contributed by atoms with van der Waals surface area (Å²) in [5, 5.41) is 9.06. The lowest BCUT2D eigenvalue weighted by atomic mass is 10.1. The highest BCUT2D eigenvalue weighted by Gasteiger charge is 2.25. The van der Waals surface area contributed by atoms with Gasteiger partial charge in [-0.1, -0.05) is 0 Å². The molecule has 0 bridgehead atoms. The number of nitrogens with zero attached hydrogens (tertiary/aromatic N) is 2. The van der Waals surface area contributed by atoms with Gasteiger partial charge in [-0.05, 0) is 32.1 Å². The third kappa shape index (κ3) is 3.36. The van der Waals surface area contributed by atoms with Crippen LogP contribution in [-0.2, 0) is 0 Å². The third-order valence-electron chi connectivity index (χ3n) is 3.53. The highest BCUT2D eigenvalue weighted by Crippen LogP contribution is 2.18. The molecule has 7 heteroatoms. The molecule has 0 aliphatic carbocycles. The van der Waals surface area contributed by atoms with Gasteiger partial charge < -0.3 is 14.9 Å². The maximum absolute atomic E-state index is 13.3. The number of carboxylic acids is 1. The van der Waals surface area contributed by atoms with E-state index in [0.29, 0.717) is 31.8 Å². The Kier molecular flexibility index (Phi) is 4.52. The fourth-order valence-electron chi connectivity index (χ4n) is 2.32. The second-order valence-electron chi connectivity index (χ2n) is 5.07. The van der Waals surface area contributed by atoms with Crippen LogP contribution in [0, 0.1) is 11.6 Å². The van der Waals surface area contributed by atoms with Gasteiger partial charge in [-0.3, -0.25) is 4.79 Å². The van der Waals surface area contributed by atoms with Gasteiger partial charge in [0.05, 0.1) is 11.1 Å². The quantitative estimate of drug-likeness (QED) is 0.897. The number of carbonyl (C=O) groups excluding carboxylic acids is 1. The zero-order valence-electron chi connectivity index (χ0n) is 11.6. The molecule has 114 valence electrons.